The number of alkyl halides is 3. The van der Waals surface area contributed by atoms with Crippen molar-refractivity contribution in [2.75, 3.05) is 44.7 Å². The van der Waals surface area contributed by atoms with Gasteiger partial charge in [-0.25, -0.2) is 4.68 Å². The van der Waals surface area contributed by atoms with Gasteiger partial charge in [-0.15, -0.1) is 0 Å². The molecule has 0 saturated carbocycles. The van der Waals surface area contributed by atoms with Crippen molar-refractivity contribution in [1.82, 2.24) is 20.0 Å². The minimum Gasteiger partial charge on any atom is -0.379 e. The molecule has 12 heteroatoms. The number of nitrogens with one attached hydrogen (secondary N) is 2. The molecule has 1 aromatic heterocycles. The number of morpholine rings is 1. The smallest absolute Gasteiger partial charge is 0.379 e. The molecule has 1 amide bonds. The minimum absolute atomic E-state index is 0.0621. The summed E-state index contributed by atoms with van der Waals surface area (Å²) >= 11 is 12.0. The van der Waals surface area contributed by atoms with Crippen LogP contribution in [0.25, 0.3) is 0 Å². The summed E-state index contributed by atoms with van der Waals surface area (Å²) in [6.07, 6.45) is -4.11. The Morgan fingerprint density at radius 2 is 1.97 bits per heavy atom. The lowest BCUT2D eigenvalue weighted by Gasteiger charge is -2.33. The van der Waals surface area contributed by atoms with Gasteiger partial charge >= 0.3 is 6.18 Å². The number of rotatable bonds is 6. The lowest BCUT2D eigenvalue weighted by Crippen LogP contribution is -2.38. The van der Waals surface area contributed by atoms with Crippen molar-refractivity contribution in [3.8, 4) is 0 Å². The largest absolute Gasteiger partial charge is 0.410 e. The Labute approximate surface area is 199 Å². The van der Waals surface area contributed by atoms with Crippen LogP contribution in [0, 0.1) is 0 Å². The number of fused-ring (bicyclic) bond motifs is 1. The fraction of sp³-hybridized carbons (Fsp3) is 0.524. The first-order chi connectivity index (χ1) is 15.7. The molecule has 0 bridgehead atoms. The summed E-state index contributed by atoms with van der Waals surface area (Å²) in [6.45, 7) is 4.32. The van der Waals surface area contributed by atoms with E-state index in [9.17, 15) is 18.0 Å². The zero-order chi connectivity index (χ0) is 23.6. The van der Waals surface area contributed by atoms with Crippen LogP contribution in [0.15, 0.2) is 24.3 Å². The molecule has 33 heavy (non-hydrogen) atoms. The second kappa shape index (κ2) is 10.1. The molecule has 2 aliphatic heterocycles. The van der Waals surface area contributed by atoms with Crippen LogP contribution in [0.2, 0.25) is 10.0 Å². The molecule has 2 aromatic rings. The maximum atomic E-state index is 13.8. The van der Waals surface area contributed by atoms with Crippen LogP contribution in [-0.4, -0.2) is 66.2 Å². The van der Waals surface area contributed by atoms with Gasteiger partial charge in [-0.05, 0) is 30.7 Å². The maximum Gasteiger partial charge on any atom is 0.410 e. The van der Waals surface area contributed by atoms with Crippen molar-refractivity contribution >= 4 is 34.9 Å². The van der Waals surface area contributed by atoms with E-state index in [1.54, 1.807) is 18.2 Å². The number of benzene rings is 1. The lowest BCUT2D eigenvalue weighted by molar-refractivity contribution is -0.173. The number of halogens is 5. The van der Waals surface area contributed by atoms with Crippen LogP contribution in [0.4, 0.5) is 19.0 Å². The molecule has 2 atom stereocenters. The highest BCUT2D eigenvalue weighted by Crippen LogP contribution is 2.44. The predicted molar refractivity (Wildman–Crippen MR) is 119 cm³/mol. The van der Waals surface area contributed by atoms with Crippen LogP contribution < -0.4 is 10.6 Å². The Balaban J connectivity index is 1.44. The number of hydrogen-bond acceptors (Lipinski definition) is 5. The molecule has 2 N–H and O–H groups in total. The zero-order valence-electron chi connectivity index (χ0n) is 17.7. The first-order valence-corrected chi connectivity index (χ1v) is 11.4. The summed E-state index contributed by atoms with van der Waals surface area (Å²) < 4.78 is 47.7. The molecule has 4 rings (SSSR count). The Morgan fingerprint density at radius 3 is 2.67 bits per heavy atom. The Kier molecular flexibility index (Phi) is 7.37. The first-order valence-electron chi connectivity index (χ1n) is 10.7. The standard InChI is InChI=1S/C21H24Cl2F3N5O2/c22-14-3-2-13(10-15(14)23)16-11-18(21(24,25)26)31-19(28-16)12-17(29-31)20(32)27-4-1-5-30-6-8-33-9-7-30/h2-3,10,12,16,18,28H,1,4-9,11H2,(H,27,32)/t16-,18+/m1/s1. The fourth-order valence-electron chi connectivity index (χ4n) is 4.05. The molecule has 0 spiro atoms. The summed E-state index contributed by atoms with van der Waals surface area (Å²) in [5, 5.41) is 10.3. The number of amides is 1. The molecule has 1 aromatic carbocycles. The van der Waals surface area contributed by atoms with Crippen LogP contribution in [0.5, 0.6) is 0 Å². The second-order valence-corrected chi connectivity index (χ2v) is 8.90. The van der Waals surface area contributed by atoms with Gasteiger partial charge in [-0.3, -0.25) is 9.69 Å². The summed E-state index contributed by atoms with van der Waals surface area (Å²) in [7, 11) is 0. The summed E-state index contributed by atoms with van der Waals surface area (Å²) in [5.41, 5.74) is 0.508. The van der Waals surface area contributed by atoms with E-state index in [2.05, 4.69) is 20.6 Å². The van der Waals surface area contributed by atoms with Gasteiger partial charge in [-0.1, -0.05) is 29.3 Å². The van der Waals surface area contributed by atoms with Crippen molar-refractivity contribution in [2.24, 2.45) is 0 Å². The number of ether oxygens (including phenoxy) is 1. The van der Waals surface area contributed by atoms with Crippen LogP contribution >= 0.6 is 23.2 Å². The van der Waals surface area contributed by atoms with E-state index in [1.807, 2.05) is 0 Å². The number of carbonyl (C=O) groups is 1. The summed E-state index contributed by atoms with van der Waals surface area (Å²) in [6, 6.07) is 3.53. The third-order valence-electron chi connectivity index (χ3n) is 5.81. The van der Waals surface area contributed by atoms with E-state index in [0.29, 0.717) is 30.3 Å². The highest BCUT2D eigenvalue weighted by Gasteiger charge is 2.46. The molecule has 1 saturated heterocycles. The normalized spacial score (nSPS) is 21.4. The lowest BCUT2D eigenvalue weighted by atomic mass is 9.97. The van der Waals surface area contributed by atoms with Crippen molar-refractivity contribution in [2.45, 2.75) is 31.1 Å². The number of anilines is 1. The summed E-state index contributed by atoms with van der Waals surface area (Å²) in [4.78, 5) is 14.8. The molecule has 0 unspecified atom stereocenters. The molecule has 1 fully saturated rings. The molecule has 3 heterocycles. The molecule has 0 radical (unpaired) electrons. The van der Waals surface area contributed by atoms with E-state index < -0.39 is 24.2 Å². The molecule has 2 aliphatic rings. The van der Waals surface area contributed by atoms with Gasteiger partial charge in [0.15, 0.2) is 11.7 Å². The summed E-state index contributed by atoms with van der Waals surface area (Å²) in [5.74, 6) is -0.384. The quantitative estimate of drug-likeness (QED) is 0.572. The van der Waals surface area contributed by atoms with Gasteiger partial charge in [0, 0.05) is 32.1 Å². The van der Waals surface area contributed by atoms with Crippen LogP contribution in [-0.2, 0) is 4.74 Å². The highest BCUT2D eigenvalue weighted by molar-refractivity contribution is 6.42. The monoisotopic (exact) mass is 505 g/mol. The molecule has 7 nitrogen and oxygen atoms in total. The van der Waals surface area contributed by atoms with Crippen molar-refractivity contribution < 1.29 is 22.7 Å². The van der Waals surface area contributed by atoms with E-state index in [0.717, 1.165) is 30.7 Å². The number of aromatic nitrogens is 2. The number of hydrogen-bond donors (Lipinski definition) is 2. The predicted octanol–water partition coefficient (Wildman–Crippen LogP) is 4.30. The van der Waals surface area contributed by atoms with Gasteiger partial charge < -0.3 is 15.4 Å². The molecular weight excluding hydrogens is 482 g/mol. The maximum absolute atomic E-state index is 13.8. The van der Waals surface area contributed by atoms with Crippen molar-refractivity contribution in [3.05, 3.63) is 45.6 Å². The van der Waals surface area contributed by atoms with Crippen LogP contribution in [0.3, 0.4) is 0 Å². The Bertz CT molecular complexity index is 995. The van der Waals surface area contributed by atoms with Gasteiger partial charge in [0.25, 0.3) is 5.91 Å². The van der Waals surface area contributed by atoms with Gasteiger partial charge in [0.1, 0.15) is 5.82 Å². The average Bonchev–Trinajstić information content (AvgIpc) is 3.22. The Hall–Kier alpha value is -2.01. The Morgan fingerprint density at radius 1 is 1.21 bits per heavy atom. The minimum atomic E-state index is -4.54. The molecule has 180 valence electrons. The SMILES string of the molecule is O=C(NCCCN1CCOCC1)c1cc2n(n1)[C@H](C(F)(F)F)C[C@H](c1ccc(Cl)c(Cl)c1)N2. The van der Waals surface area contributed by atoms with E-state index >= 15 is 0 Å². The second-order valence-electron chi connectivity index (χ2n) is 8.09. The van der Waals surface area contributed by atoms with E-state index in [4.69, 9.17) is 27.9 Å². The van der Waals surface area contributed by atoms with Gasteiger partial charge in [0.2, 0.25) is 0 Å². The van der Waals surface area contributed by atoms with E-state index in [1.165, 1.54) is 6.07 Å². The topological polar surface area (TPSA) is 71.4 Å². The third-order valence-corrected chi connectivity index (χ3v) is 6.55. The van der Waals surface area contributed by atoms with Gasteiger partial charge in [0.05, 0.1) is 29.3 Å². The highest BCUT2D eigenvalue weighted by atomic mass is 35.5. The number of carbonyl (C=O) groups excluding carboxylic acids is 1. The average molecular weight is 506 g/mol. The van der Waals surface area contributed by atoms with Crippen molar-refractivity contribution in [1.29, 1.82) is 0 Å². The molecule has 0 aliphatic carbocycles. The van der Waals surface area contributed by atoms with E-state index in [-0.39, 0.29) is 23.0 Å². The third kappa shape index (κ3) is 5.74. The van der Waals surface area contributed by atoms with Crippen molar-refractivity contribution in [3.63, 3.8) is 0 Å². The van der Waals surface area contributed by atoms with Crippen LogP contribution in [0.1, 0.15) is 41.0 Å². The fourth-order valence-corrected chi connectivity index (χ4v) is 4.36. The number of nitrogens with zero attached hydrogens (tertiary/aromatic N) is 3. The molecular formula is C21H24Cl2F3N5O2. The zero-order valence-corrected chi connectivity index (χ0v) is 19.2. The van der Waals surface area contributed by atoms with Gasteiger partial charge in [-0.2, -0.15) is 18.3 Å². The first kappa shape index (κ1) is 24.1.